The summed E-state index contributed by atoms with van der Waals surface area (Å²) in [5.74, 6) is 0.474. The second-order valence-electron chi connectivity index (χ2n) is 5.79. The number of carbonyl (C=O) groups excluding carboxylic acids is 1. The lowest BCUT2D eigenvalue weighted by Gasteiger charge is -2.24. The predicted octanol–water partition coefficient (Wildman–Crippen LogP) is 1.30. The maximum atomic E-state index is 12.3. The van der Waals surface area contributed by atoms with E-state index in [9.17, 15) is 4.79 Å². The molecule has 4 nitrogen and oxygen atoms in total. The van der Waals surface area contributed by atoms with Crippen molar-refractivity contribution < 1.29 is 4.79 Å². The molecule has 0 aliphatic carbocycles. The van der Waals surface area contributed by atoms with Crippen molar-refractivity contribution >= 4 is 5.91 Å². The molecule has 4 heteroatoms. The van der Waals surface area contributed by atoms with Gasteiger partial charge in [-0.2, -0.15) is 0 Å². The van der Waals surface area contributed by atoms with Crippen molar-refractivity contribution in [1.29, 1.82) is 0 Å². The third-order valence-electron chi connectivity index (χ3n) is 3.75. The van der Waals surface area contributed by atoms with E-state index in [1.165, 1.54) is 0 Å². The van der Waals surface area contributed by atoms with Crippen LogP contribution >= 0.6 is 0 Å². The first-order chi connectivity index (χ1) is 8.50. The summed E-state index contributed by atoms with van der Waals surface area (Å²) in [5, 5.41) is 0. The second kappa shape index (κ2) is 7.74. The molecule has 106 valence electrons. The van der Waals surface area contributed by atoms with Crippen LogP contribution in [-0.2, 0) is 4.79 Å². The van der Waals surface area contributed by atoms with Gasteiger partial charge in [-0.15, -0.1) is 0 Å². The number of rotatable bonds is 5. The molecule has 1 heterocycles. The standard InChI is InChI=1S/C14H29N3O/c1-12(6-4-7-13(2)15)14(18)17-9-5-8-16(3)10-11-17/h12-13H,4-11,15H2,1-3H3. The molecule has 0 aromatic rings. The van der Waals surface area contributed by atoms with Gasteiger partial charge in [-0.05, 0) is 39.8 Å². The number of nitrogens with two attached hydrogens (primary N) is 1. The largest absolute Gasteiger partial charge is 0.341 e. The Kier molecular flexibility index (Phi) is 6.65. The molecule has 1 saturated heterocycles. The molecular formula is C14H29N3O. The maximum absolute atomic E-state index is 12.3. The molecule has 1 fully saturated rings. The van der Waals surface area contributed by atoms with Crippen molar-refractivity contribution in [2.75, 3.05) is 33.2 Å². The minimum Gasteiger partial charge on any atom is -0.341 e. The molecule has 1 aliphatic rings. The van der Waals surface area contributed by atoms with E-state index in [0.717, 1.165) is 51.9 Å². The van der Waals surface area contributed by atoms with Gasteiger partial charge in [-0.3, -0.25) is 4.79 Å². The van der Waals surface area contributed by atoms with Crippen LogP contribution in [0.4, 0.5) is 0 Å². The van der Waals surface area contributed by atoms with Gasteiger partial charge in [0.2, 0.25) is 5.91 Å². The Morgan fingerprint density at radius 2 is 1.89 bits per heavy atom. The highest BCUT2D eigenvalue weighted by atomic mass is 16.2. The maximum Gasteiger partial charge on any atom is 0.225 e. The van der Waals surface area contributed by atoms with Gasteiger partial charge in [0.25, 0.3) is 0 Å². The molecule has 1 aliphatic heterocycles. The predicted molar refractivity (Wildman–Crippen MR) is 75.4 cm³/mol. The third kappa shape index (κ3) is 5.36. The molecule has 2 unspecified atom stereocenters. The molecule has 0 aromatic carbocycles. The molecule has 0 spiro atoms. The first-order valence-corrected chi connectivity index (χ1v) is 7.23. The molecule has 0 bridgehead atoms. The van der Waals surface area contributed by atoms with Crippen molar-refractivity contribution in [3.63, 3.8) is 0 Å². The summed E-state index contributed by atoms with van der Waals surface area (Å²) < 4.78 is 0. The number of nitrogens with zero attached hydrogens (tertiary/aromatic N) is 2. The summed E-state index contributed by atoms with van der Waals surface area (Å²) in [5.41, 5.74) is 5.73. The highest BCUT2D eigenvalue weighted by molar-refractivity contribution is 5.78. The van der Waals surface area contributed by atoms with E-state index in [1.807, 2.05) is 11.8 Å². The number of carbonyl (C=O) groups is 1. The zero-order valence-electron chi connectivity index (χ0n) is 12.2. The van der Waals surface area contributed by atoms with Crippen LogP contribution in [0.15, 0.2) is 0 Å². The highest BCUT2D eigenvalue weighted by Gasteiger charge is 2.22. The van der Waals surface area contributed by atoms with Gasteiger partial charge in [-0.25, -0.2) is 0 Å². The van der Waals surface area contributed by atoms with Crippen molar-refractivity contribution in [2.24, 2.45) is 11.7 Å². The van der Waals surface area contributed by atoms with E-state index in [4.69, 9.17) is 5.73 Å². The van der Waals surface area contributed by atoms with E-state index in [-0.39, 0.29) is 12.0 Å². The van der Waals surface area contributed by atoms with Crippen molar-refractivity contribution in [3.8, 4) is 0 Å². The fourth-order valence-corrected chi connectivity index (χ4v) is 2.45. The van der Waals surface area contributed by atoms with Gasteiger partial charge in [0.1, 0.15) is 0 Å². The van der Waals surface area contributed by atoms with E-state index in [1.54, 1.807) is 0 Å². The average molecular weight is 255 g/mol. The van der Waals surface area contributed by atoms with E-state index in [2.05, 4.69) is 18.9 Å². The van der Waals surface area contributed by atoms with Gasteiger partial charge >= 0.3 is 0 Å². The molecule has 18 heavy (non-hydrogen) atoms. The summed E-state index contributed by atoms with van der Waals surface area (Å²) in [6, 6.07) is 0.249. The first kappa shape index (κ1) is 15.4. The third-order valence-corrected chi connectivity index (χ3v) is 3.75. The Morgan fingerprint density at radius 1 is 1.17 bits per heavy atom. The number of hydrogen-bond acceptors (Lipinski definition) is 3. The molecule has 0 saturated carbocycles. The lowest BCUT2D eigenvalue weighted by atomic mass is 10.0. The quantitative estimate of drug-likeness (QED) is 0.805. The first-order valence-electron chi connectivity index (χ1n) is 7.23. The lowest BCUT2D eigenvalue weighted by molar-refractivity contribution is -0.135. The summed E-state index contributed by atoms with van der Waals surface area (Å²) in [6.07, 6.45) is 4.13. The number of hydrogen-bond donors (Lipinski definition) is 1. The molecule has 0 aromatic heterocycles. The van der Waals surface area contributed by atoms with Gasteiger partial charge in [0.05, 0.1) is 0 Å². The van der Waals surface area contributed by atoms with Gasteiger partial charge in [0.15, 0.2) is 0 Å². The van der Waals surface area contributed by atoms with Crippen LogP contribution in [0.1, 0.15) is 39.5 Å². The minimum atomic E-state index is 0.146. The molecule has 1 amide bonds. The molecule has 2 N–H and O–H groups in total. The highest BCUT2D eigenvalue weighted by Crippen LogP contribution is 2.14. The Labute approximate surface area is 111 Å². The van der Waals surface area contributed by atoms with Crippen LogP contribution in [0.2, 0.25) is 0 Å². The second-order valence-corrected chi connectivity index (χ2v) is 5.79. The minimum absolute atomic E-state index is 0.146. The van der Waals surface area contributed by atoms with Crippen LogP contribution < -0.4 is 5.73 Å². The fourth-order valence-electron chi connectivity index (χ4n) is 2.45. The van der Waals surface area contributed by atoms with Crippen LogP contribution in [0, 0.1) is 5.92 Å². The summed E-state index contributed by atoms with van der Waals surface area (Å²) >= 11 is 0. The topological polar surface area (TPSA) is 49.6 Å². The van der Waals surface area contributed by atoms with Crippen molar-refractivity contribution in [2.45, 2.75) is 45.6 Å². The summed E-state index contributed by atoms with van der Waals surface area (Å²) in [7, 11) is 2.13. The average Bonchev–Trinajstić information content (AvgIpc) is 2.52. The van der Waals surface area contributed by atoms with Gasteiger partial charge in [0, 0.05) is 31.6 Å². The summed E-state index contributed by atoms with van der Waals surface area (Å²) in [6.45, 7) is 7.98. The lowest BCUT2D eigenvalue weighted by Crippen LogP contribution is -2.37. The van der Waals surface area contributed by atoms with Crippen molar-refractivity contribution in [1.82, 2.24) is 9.80 Å². The van der Waals surface area contributed by atoms with Crippen LogP contribution in [-0.4, -0.2) is 55.0 Å². The van der Waals surface area contributed by atoms with E-state index in [0.29, 0.717) is 5.91 Å². The molecule has 2 atom stereocenters. The fraction of sp³-hybridized carbons (Fsp3) is 0.929. The molecule has 1 rings (SSSR count). The van der Waals surface area contributed by atoms with Crippen molar-refractivity contribution in [3.05, 3.63) is 0 Å². The normalized spacial score (nSPS) is 21.4. The smallest absolute Gasteiger partial charge is 0.225 e. The Morgan fingerprint density at radius 3 is 2.56 bits per heavy atom. The van der Waals surface area contributed by atoms with Crippen LogP contribution in [0.3, 0.4) is 0 Å². The Bertz CT molecular complexity index is 255. The monoisotopic (exact) mass is 255 g/mol. The van der Waals surface area contributed by atoms with E-state index >= 15 is 0 Å². The SMILES string of the molecule is CC(N)CCCC(C)C(=O)N1CCCN(C)CC1. The van der Waals surface area contributed by atoms with Crippen LogP contribution in [0.5, 0.6) is 0 Å². The molecular weight excluding hydrogens is 226 g/mol. The molecule has 0 radical (unpaired) electrons. The zero-order chi connectivity index (χ0) is 13.5. The Balaban J connectivity index is 2.33. The number of amides is 1. The summed E-state index contributed by atoms with van der Waals surface area (Å²) in [4.78, 5) is 16.7. The Hall–Kier alpha value is -0.610. The van der Waals surface area contributed by atoms with Gasteiger partial charge < -0.3 is 15.5 Å². The van der Waals surface area contributed by atoms with Gasteiger partial charge in [-0.1, -0.05) is 13.3 Å². The van der Waals surface area contributed by atoms with E-state index < -0.39 is 0 Å². The van der Waals surface area contributed by atoms with Crippen LogP contribution in [0.25, 0.3) is 0 Å². The zero-order valence-corrected chi connectivity index (χ0v) is 12.2. The number of likely N-dealkylation sites (N-methyl/N-ethyl adjacent to an activating group) is 1.